The molecule has 0 radical (unpaired) electrons. The Balaban J connectivity index is 1.61. The first-order chi connectivity index (χ1) is 15.7. The molecule has 1 aliphatic heterocycles. The van der Waals surface area contributed by atoms with E-state index < -0.39 is 23.1 Å². The first kappa shape index (κ1) is 23.0. The van der Waals surface area contributed by atoms with Gasteiger partial charge >= 0.3 is 0 Å². The SMILES string of the molecule is C#CCOc1ccc(C(=O)Nc2cc(F)c(F)c([C@@]3(C)N=C(N)S[C@@]4(COC)CC43)c2)nc1. The van der Waals surface area contributed by atoms with Crippen LogP contribution < -0.4 is 15.8 Å². The summed E-state index contributed by atoms with van der Waals surface area (Å²) in [6, 6.07) is 5.29. The van der Waals surface area contributed by atoms with Crippen molar-refractivity contribution in [2.24, 2.45) is 16.6 Å². The minimum absolute atomic E-state index is 0.0232. The Labute approximate surface area is 194 Å². The van der Waals surface area contributed by atoms with Crippen LogP contribution in [0.3, 0.4) is 0 Å². The molecule has 2 aliphatic rings. The summed E-state index contributed by atoms with van der Waals surface area (Å²) < 4.78 is 39.8. The van der Waals surface area contributed by atoms with Crippen LogP contribution in [0.15, 0.2) is 35.5 Å². The highest BCUT2D eigenvalue weighted by Gasteiger charge is 2.66. The zero-order valence-electron chi connectivity index (χ0n) is 18.0. The number of amidine groups is 1. The van der Waals surface area contributed by atoms with Crippen LogP contribution in [0.4, 0.5) is 14.5 Å². The van der Waals surface area contributed by atoms with Crippen LogP contribution in [0, 0.1) is 29.9 Å². The molecule has 2 aromatic rings. The number of terminal acetylenes is 1. The van der Waals surface area contributed by atoms with E-state index in [4.69, 9.17) is 21.6 Å². The van der Waals surface area contributed by atoms with Crippen molar-refractivity contribution >= 4 is 28.5 Å². The Morgan fingerprint density at radius 1 is 1.42 bits per heavy atom. The van der Waals surface area contributed by atoms with Crippen molar-refractivity contribution in [3.05, 3.63) is 53.4 Å². The van der Waals surface area contributed by atoms with Gasteiger partial charge in [-0.3, -0.25) is 9.79 Å². The van der Waals surface area contributed by atoms with Gasteiger partial charge in [-0.15, -0.1) is 6.42 Å². The fourth-order valence-corrected chi connectivity index (χ4v) is 5.73. The molecule has 0 bridgehead atoms. The molecule has 172 valence electrons. The summed E-state index contributed by atoms with van der Waals surface area (Å²) in [7, 11) is 1.59. The highest BCUT2D eigenvalue weighted by Crippen LogP contribution is 2.66. The van der Waals surface area contributed by atoms with E-state index in [1.807, 2.05) is 0 Å². The summed E-state index contributed by atoms with van der Waals surface area (Å²) in [4.78, 5) is 21.1. The van der Waals surface area contributed by atoms with Crippen molar-refractivity contribution in [1.29, 1.82) is 0 Å². The molecule has 7 nitrogen and oxygen atoms in total. The number of nitrogens with zero attached hydrogens (tertiary/aromatic N) is 2. The van der Waals surface area contributed by atoms with Crippen LogP contribution in [-0.2, 0) is 10.3 Å². The lowest BCUT2D eigenvalue weighted by atomic mass is 9.85. The molecule has 1 saturated carbocycles. The third-order valence-corrected chi connectivity index (χ3v) is 7.14. The lowest BCUT2D eigenvalue weighted by Gasteiger charge is -2.34. The average Bonchev–Trinajstić information content (AvgIpc) is 3.49. The van der Waals surface area contributed by atoms with Gasteiger partial charge in [-0.1, -0.05) is 17.7 Å². The molecule has 33 heavy (non-hydrogen) atoms. The van der Waals surface area contributed by atoms with Gasteiger partial charge in [0.1, 0.15) is 18.1 Å². The molecule has 3 atom stereocenters. The monoisotopic (exact) mass is 472 g/mol. The standard InChI is InChI=1S/C23H22F2N4O3S/c1-4-7-32-14-5-6-17(27-11-14)20(30)28-13-8-15(19(25)16(24)9-13)22(2)18-10-23(18,12-31-3)33-21(26)29-22/h1,5-6,8-9,11,18H,7,10,12H2,2-3H3,(H2,26,29)(H,28,30)/t18?,22-,23-/m1/s1. The van der Waals surface area contributed by atoms with Crippen LogP contribution in [0.5, 0.6) is 5.75 Å². The Morgan fingerprint density at radius 2 is 2.21 bits per heavy atom. The van der Waals surface area contributed by atoms with Gasteiger partial charge in [0.2, 0.25) is 0 Å². The summed E-state index contributed by atoms with van der Waals surface area (Å²) in [6.07, 6.45) is 7.19. The number of anilines is 1. The number of nitrogens with two attached hydrogens (primary N) is 1. The summed E-state index contributed by atoms with van der Waals surface area (Å²) in [6.45, 7) is 2.21. The Bertz CT molecular complexity index is 1170. The average molecular weight is 473 g/mol. The van der Waals surface area contributed by atoms with E-state index >= 15 is 0 Å². The minimum atomic E-state index is -1.10. The normalized spacial score (nSPS) is 25.4. The second-order valence-electron chi connectivity index (χ2n) is 8.10. The first-order valence-electron chi connectivity index (χ1n) is 10.1. The van der Waals surface area contributed by atoms with E-state index in [1.165, 1.54) is 36.2 Å². The van der Waals surface area contributed by atoms with E-state index in [0.717, 1.165) is 6.07 Å². The fraction of sp³-hybridized carbons (Fsp3) is 0.348. The van der Waals surface area contributed by atoms with E-state index in [-0.39, 0.29) is 39.4 Å². The van der Waals surface area contributed by atoms with E-state index in [2.05, 4.69) is 21.2 Å². The van der Waals surface area contributed by atoms with Crippen molar-refractivity contribution in [2.45, 2.75) is 23.6 Å². The third-order valence-electron chi connectivity index (χ3n) is 5.86. The first-order valence-corrected chi connectivity index (χ1v) is 10.9. The number of amides is 1. The van der Waals surface area contributed by atoms with Crippen LogP contribution in [0.2, 0.25) is 0 Å². The van der Waals surface area contributed by atoms with Crippen LogP contribution in [0.1, 0.15) is 29.4 Å². The molecule has 1 aromatic carbocycles. The summed E-state index contributed by atoms with van der Waals surface area (Å²) in [5.41, 5.74) is 5.11. The second-order valence-corrected chi connectivity index (χ2v) is 9.54. The van der Waals surface area contributed by atoms with E-state index in [1.54, 1.807) is 14.0 Å². The molecule has 0 saturated heterocycles. The van der Waals surface area contributed by atoms with Crippen molar-refractivity contribution in [3.63, 3.8) is 0 Å². The summed E-state index contributed by atoms with van der Waals surface area (Å²) in [5.74, 6) is -0.0789. The smallest absolute Gasteiger partial charge is 0.274 e. The van der Waals surface area contributed by atoms with E-state index in [9.17, 15) is 13.6 Å². The van der Waals surface area contributed by atoms with Gasteiger partial charge in [-0.05, 0) is 31.5 Å². The largest absolute Gasteiger partial charge is 0.479 e. The summed E-state index contributed by atoms with van der Waals surface area (Å²) >= 11 is 1.40. The number of carbonyl (C=O) groups excluding carboxylic acids is 1. The van der Waals surface area contributed by atoms with Crippen molar-refractivity contribution in [2.75, 3.05) is 25.6 Å². The van der Waals surface area contributed by atoms with Gasteiger partial charge in [-0.25, -0.2) is 13.8 Å². The molecule has 1 aromatic heterocycles. The maximum Gasteiger partial charge on any atom is 0.274 e. The molecule has 1 unspecified atom stereocenters. The molecular weight excluding hydrogens is 450 g/mol. The molecule has 10 heteroatoms. The number of aromatic nitrogens is 1. The zero-order chi connectivity index (χ0) is 23.8. The molecule has 1 fully saturated rings. The Morgan fingerprint density at radius 3 is 2.88 bits per heavy atom. The van der Waals surface area contributed by atoms with Gasteiger partial charge in [0, 0.05) is 30.3 Å². The number of ether oxygens (including phenoxy) is 2. The van der Waals surface area contributed by atoms with Crippen molar-refractivity contribution in [1.82, 2.24) is 4.98 Å². The highest BCUT2D eigenvalue weighted by molar-refractivity contribution is 8.15. The van der Waals surface area contributed by atoms with Crippen molar-refractivity contribution in [3.8, 4) is 18.1 Å². The maximum absolute atomic E-state index is 15.0. The summed E-state index contributed by atoms with van der Waals surface area (Å²) in [5, 5.41) is 2.86. The predicted molar refractivity (Wildman–Crippen MR) is 122 cm³/mol. The molecule has 1 amide bonds. The number of nitrogens with one attached hydrogen (secondary N) is 1. The molecule has 3 N–H and O–H groups in total. The van der Waals surface area contributed by atoms with Gasteiger partial charge < -0.3 is 20.5 Å². The molecule has 2 heterocycles. The van der Waals surface area contributed by atoms with Gasteiger partial charge in [0.25, 0.3) is 5.91 Å². The Kier molecular flexibility index (Phi) is 6.03. The number of benzene rings is 1. The maximum atomic E-state index is 15.0. The lowest BCUT2D eigenvalue weighted by Crippen LogP contribution is -2.38. The number of thioether (sulfide) groups is 1. The molecule has 0 spiro atoms. The number of fused-ring (bicyclic) bond motifs is 1. The second kappa shape index (κ2) is 8.65. The molecular formula is C23H22F2N4O3S. The fourth-order valence-electron chi connectivity index (χ4n) is 4.28. The third kappa shape index (κ3) is 4.26. The number of methoxy groups -OCH3 is 1. The number of hydrogen-bond acceptors (Lipinski definition) is 7. The highest BCUT2D eigenvalue weighted by atomic mass is 32.2. The Hall–Kier alpha value is -3.16. The van der Waals surface area contributed by atoms with Gasteiger partial charge in [-0.2, -0.15) is 0 Å². The number of hydrogen-bond donors (Lipinski definition) is 2. The van der Waals surface area contributed by atoms with Crippen LogP contribution in [-0.4, -0.2) is 41.1 Å². The lowest BCUT2D eigenvalue weighted by molar-refractivity contribution is 0.102. The quantitative estimate of drug-likeness (QED) is 0.600. The molecule has 4 rings (SSSR count). The van der Waals surface area contributed by atoms with Crippen LogP contribution >= 0.6 is 11.8 Å². The topological polar surface area (TPSA) is 98.8 Å². The van der Waals surface area contributed by atoms with Gasteiger partial charge in [0.15, 0.2) is 16.8 Å². The zero-order valence-corrected chi connectivity index (χ0v) is 18.8. The predicted octanol–water partition coefficient (Wildman–Crippen LogP) is 3.31. The van der Waals surface area contributed by atoms with Gasteiger partial charge in [0.05, 0.1) is 23.1 Å². The number of aliphatic imine (C=N–C) groups is 1. The van der Waals surface area contributed by atoms with Crippen LogP contribution in [0.25, 0.3) is 0 Å². The minimum Gasteiger partial charge on any atom is -0.479 e. The molecule has 1 aliphatic carbocycles. The number of pyridine rings is 1. The van der Waals surface area contributed by atoms with E-state index in [0.29, 0.717) is 18.8 Å². The number of halogens is 2. The van der Waals surface area contributed by atoms with Crippen molar-refractivity contribution < 1.29 is 23.0 Å². The number of carbonyl (C=O) groups is 1. The number of rotatable bonds is 7.